The molecule has 0 spiro atoms. The van der Waals surface area contributed by atoms with Crippen molar-refractivity contribution >= 4 is 0 Å². The highest BCUT2D eigenvalue weighted by Gasteiger charge is 1.89. The van der Waals surface area contributed by atoms with E-state index in [9.17, 15) is 4.48 Å². The summed E-state index contributed by atoms with van der Waals surface area (Å²) in [5.74, 6) is 0. The standard InChI is InChI=1S/C7H9FN2/c8-10-6-4-7-3-1-2-5-9-7/h1-3,5,10H,4,6H2. The molecule has 0 radical (unpaired) electrons. The van der Waals surface area contributed by atoms with Crippen LogP contribution < -0.4 is 5.54 Å². The lowest BCUT2D eigenvalue weighted by Crippen LogP contribution is -2.06. The first-order valence-corrected chi connectivity index (χ1v) is 3.17. The second kappa shape index (κ2) is 3.95. The second-order valence-corrected chi connectivity index (χ2v) is 1.95. The third-order valence-electron chi connectivity index (χ3n) is 1.20. The summed E-state index contributed by atoms with van der Waals surface area (Å²) in [6.45, 7) is 0.330. The van der Waals surface area contributed by atoms with Crippen LogP contribution in [0.15, 0.2) is 24.4 Å². The number of pyridine rings is 1. The van der Waals surface area contributed by atoms with E-state index >= 15 is 0 Å². The monoisotopic (exact) mass is 140 g/mol. The number of nitrogens with one attached hydrogen (secondary N) is 1. The molecule has 0 aliphatic rings. The molecular weight excluding hydrogens is 131 g/mol. The highest BCUT2D eigenvalue weighted by atomic mass is 19.2. The third-order valence-corrected chi connectivity index (χ3v) is 1.20. The normalized spacial score (nSPS) is 9.70. The van der Waals surface area contributed by atoms with Gasteiger partial charge in [0.25, 0.3) is 0 Å². The van der Waals surface area contributed by atoms with Gasteiger partial charge in [0.05, 0.1) is 0 Å². The molecule has 0 unspecified atom stereocenters. The molecule has 0 atom stereocenters. The summed E-state index contributed by atoms with van der Waals surface area (Å²) >= 11 is 0. The smallest absolute Gasteiger partial charge is 0.0417 e. The molecule has 1 aromatic heterocycles. The van der Waals surface area contributed by atoms with Crippen molar-refractivity contribution in [3.05, 3.63) is 30.1 Å². The number of halogens is 1. The van der Waals surface area contributed by atoms with Gasteiger partial charge in [-0.05, 0) is 12.1 Å². The van der Waals surface area contributed by atoms with Gasteiger partial charge in [0, 0.05) is 24.9 Å². The average Bonchev–Trinajstić information content (AvgIpc) is 2.03. The van der Waals surface area contributed by atoms with Crippen LogP contribution >= 0.6 is 0 Å². The molecular formula is C7H9FN2. The van der Waals surface area contributed by atoms with Crippen molar-refractivity contribution in [2.75, 3.05) is 6.54 Å². The number of aromatic nitrogens is 1. The molecule has 54 valence electrons. The zero-order chi connectivity index (χ0) is 7.23. The molecule has 0 aromatic carbocycles. The highest BCUT2D eigenvalue weighted by Crippen LogP contribution is 1.92. The van der Waals surface area contributed by atoms with E-state index in [0.29, 0.717) is 13.0 Å². The van der Waals surface area contributed by atoms with E-state index in [0.717, 1.165) is 5.69 Å². The van der Waals surface area contributed by atoms with Gasteiger partial charge in [-0.25, -0.2) is 0 Å². The molecule has 1 heterocycles. The van der Waals surface area contributed by atoms with Gasteiger partial charge in [-0.1, -0.05) is 6.07 Å². The maximum absolute atomic E-state index is 11.4. The summed E-state index contributed by atoms with van der Waals surface area (Å²) in [7, 11) is 0. The van der Waals surface area contributed by atoms with E-state index in [-0.39, 0.29) is 0 Å². The van der Waals surface area contributed by atoms with Crippen molar-refractivity contribution in [1.82, 2.24) is 10.5 Å². The van der Waals surface area contributed by atoms with E-state index in [1.54, 1.807) is 11.7 Å². The Morgan fingerprint density at radius 3 is 3.00 bits per heavy atom. The van der Waals surface area contributed by atoms with Gasteiger partial charge in [0.2, 0.25) is 0 Å². The quantitative estimate of drug-likeness (QED) is 0.636. The summed E-state index contributed by atoms with van der Waals surface area (Å²) in [5.41, 5.74) is 2.49. The van der Waals surface area contributed by atoms with Gasteiger partial charge >= 0.3 is 0 Å². The van der Waals surface area contributed by atoms with E-state index in [1.807, 2.05) is 18.2 Å². The fourth-order valence-electron chi connectivity index (χ4n) is 0.721. The Balaban J connectivity index is 2.43. The lowest BCUT2D eigenvalue weighted by molar-refractivity contribution is 0.337. The van der Waals surface area contributed by atoms with Crippen LogP contribution in [0.3, 0.4) is 0 Å². The summed E-state index contributed by atoms with van der Waals surface area (Å²) in [6, 6.07) is 5.60. The predicted molar refractivity (Wildman–Crippen MR) is 37.1 cm³/mol. The minimum atomic E-state index is 0.330. The molecule has 2 nitrogen and oxygen atoms in total. The first kappa shape index (κ1) is 7.15. The minimum Gasteiger partial charge on any atom is -0.261 e. The maximum Gasteiger partial charge on any atom is 0.0417 e. The lowest BCUT2D eigenvalue weighted by atomic mass is 10.3. The molecule has 1 aromatic rings. The highest BCUT2D eigenvalue weighted by molar-refractivity contribution is 5.03. The van der Waals surface area contributed by atoms with Crippen molar-refractivity contribution < 1.29 is 4.48 Å². The van der Waals surface area contributed by atoms with Crippen molar-refractivity contribution in [3.63, 3.8) is 0 Å². The van der Waals surface area contributed by atoms with Crippen LogP contribution in [0.4, 0.5) is 4.48 Å². The Labute approximate surface area is 59.0 Å². The molecule has 0 amide bonds. The Morgan fingerprint density at radius 1 is 1.50 bits per heavy atom. The lowest BCUT2D eigenvalue weighted by Gasteiger charge is -1.94. The van der Waals surface area contributed by atoms with Crippen molar-refractivity contribution in [3.8, 4) is 0 Å². The first-order chi connectivity index (χ1) is 4.93. The summed E-state index contributed by atoms with van der Waals surface area (Å²) in [5, 5.41) is 0. The molecule has 1 rings (SSSR count). The molecule has 0 aliphatic heterocycles. The van der Waals surface area contributed by atoms with E-state index in [4.69, 9.17) is 0 Å². The average molecular weight is 140 g/mol. The number of hydrogen-bond donors (Lipinski definition) is 1. The minimum absolute atomic E-state index is 0.330. The Hall–Kier alpha value is -0.960. The summed E-state index contributed by atoms with van der Waals surface area (Å²) in [4.78, 5) is 4.01. The van der Waals surface area contributed by atoms with E-state index in [1.165, 1.54) is 0 Å². The van der Waals surface area contributed by atoms with Crippen LogP contribution in [0, 0.1) is 0 Å². The number of rotatable bonds is 3. The third kappa shape index (κ3) is 2.11. The predicted octanol–water partition coefficient (Wildman–Crippen LogP) is 1.10. The Bertz CT molecular complexity index is 176. The molecule has 1 N–H and O–H groups in total. The van der Waals surface area contributed by atoms with Crippen molar-refractivity contribution in [2.24, 2.45) is 0 Å². The SMILES string of the molecule is FNCCc1ccccn1. The molecule has 0 bridgehead atoms. The molecule has 10 heavy (non-hydrogen) atoms. The molecule has 3 heteroatoms. The van der Waals surface area contributed by atoms with Crippen LogP contribution in [0.25, 0.3) is 0 Å². The second-order valence-electron chi connectivity index (χ2n) is 1.95. The zero-order valence-electron chi connectivity index (χ0n) is 5.55. The molecule has 0 fully saturated rings. The van der Waals surface area contributed by atoms with Gasteiger partial charge in [0.1, 0.15) is 0 Å². The van der Waals surface area contributed by atoms with Gasteiger partial charge in [-0.3, -0.25) is 4.98 Å². The zero-order valence-corrected chi connectivity index (χ0v) is 5.55. The largest absolute Gasteiger partial charge is 0.261 e. The van der Waals surface area contributed by atoms with E-state index < -0.39 is 0 Å². The van der Waals surface area contributed by atoms with Crippen LogP contribution in [-0.2, 0) is 6.42 Å². The fourth-order valence-corrected chi connectivity index (χ4v) is 0.721. The van der Waals surface area contributed by atoms with Crippen LogP contribution in [0.5, 0.6) is 0 Å². The van der Waals surface area contributed by atoms with Crippen molar-refractivity contribution in [2.45, 2.75) is 6.42 Å². The molecule has 0 saturated carbocycles. The number of nitrogens with zero attached hydrogens (tertiary/aromatic N) is 1. The number of hydrogen-bond acceptors (Lipinski definition) is 2. The van der Waals surface area contributed by atoms with Crippen LogP contribution in [-0.4, -0.2) is 11.5 Å². The Morgan fingerprint density at radius 2 is 2.40 bits per heavy atom. The maximum atomic E-state index is 11.4. The summed E-state index contributed by atoms with van der Waals surface area (Å²) < 4.78 is 11.4. The van der Waals surface area contributed by atoms with Gasteiger partial charge in [0.15, 0.2) is 0 Å². The van der Waals surface area contributed by atoms with E-state index in [2.05, 4.69) is 4.98 Å². The van der Waals surface area contributed by atoms with Crippen LogP contribution in [0.1, 0.15) is 5.69 Å². The van der Waals surface area contributed by atoms with Gasteiger partial charge < -0.3 is 0 Å². The molecule has 0 aliphatic carbocycles. The van der Waals surface area contributed by atoms with Crippen LogP contribution in [0.2, 0.25) is 0 Å². The first-order valence-electron chi connectivity index (χ1n) is 3.17. The van der Waals surface area contributed by atoms with Gasteiger partial charge in [-0.2, -0.15) is 5.54 Å². The molecule has 0 saturated heterocycles. The van der Waals surface area contributed by atoms with Crippen molar-refractivity contribution in [1.29, 1.82) is 0 Å². The fraction of sp³-hybridized carbons (Fsp3) is 0.286. The summed E-state index contributed by atoms with van der Waals surface area (Å²) in [6.07, 6.45) is 2.34. The van der Waals surface area contributed by atoms with Gasteiger partial charge in [-0.15, -0.1) is 4.48 Å². The Kier molecular flexibility index (Phi) is 2.83. The topological polar surface area (TPSA) is 24.9 Å².